The van der Waals surface area contributed by atoms with Gasteiger partial charge in [0.1, 0.15) is 6.10 Å². The van der Waals surface area contributed by atoms with E-state index in [1.165, 1.54) is 6.92 Å². The molecule has 1 fully saturated rings. The SMILES string of the molecule is CC1O[C@H](O)C2OC(=O)c3cc(O)c(O)c(O)c3-c3c(cc(O)c(O)c3O)C(=O)OC2C1O. The summed E-state index contributed by atoms with van der Waals surface area (Å²) in [7, 11) is 0. The van der Waals surface area contributed by atoms with E-state index >= 15 is 0 Å². The number of hydrogen-bond acceptors (Lipinski definition) is 13. The predicted octanol–water partition coefficient (Wildman–Crippen LogP) is -0.250. The number of rotatable bonds is 0. The van der Waals surface area contributed by atoms with Crippen LogP contribution in [0.2, 0.25) is 0 Å². The molecule has 8 N–H and O–H groups in total. The van der Waals surface area contributed by atoms with Gasteiger partial charge in [-0.15, -0.1) is 0 Å². The summed E-state index contributed by atoms with van der Waals surface area (Å²) in [5.41, 5.74) is -2.96. The predicted molar refractivity (Wildman–Crippen MR) is 103 cm³/mol. The van der Waals surface area contributed by atoms with E-state index in [4.69, 9.17) is 14.2 Å². The molecule has 0 aliphatic carbocycles. The zero-order valence-corrected chi connectivity index (χ0v) is 16.7. The summed E-state index contributed by atoms with van der Waals surface area (Å²) in [6, 6.07) is 1.28. The fraction of sp³-hybridized carbons (Fsp3) is 0.300. The molecule has 13 heteroatoms. The van der Waals surface area contributed by atoms with Gasteiger partial charge in [-0.05, 0) is 19.1 Å². The number of carbonyl (C=O) groups is 2. The first-order chi connectivity index (χ1) is 15.4. The van der Waals surface area contributed by atoms with Crippen molar-refractivity contribution in [3.63, 3.8) is 0 Å². The third kappa shape index (κ3) is 3.29. The fourth-order valence-corrected chi connectivity index (χ4v) is 3.75. The third-order valence-electron chi connectivity index (χ3n) is 5.46. The number of phenols is 6. The standard InChI is InChI=1S/C20H18O13/c1-4-11(23)16-17(20(30)31-4)33-19(29)6-3-8(22)13(25)15(27)10(6)9-5(18(28)32-16)2-7(21)12(24)14(9)26/h2-4,11,16-17,20-27,30H,1H3/t4?,11?,16?,17?,20-/m0/s1. The van der Waals surface area contributed by atoms with Crippen LogP contribution in [-0.2, 0) is 14.2 Å². The molecule has 33 heavy (non-hydrogen) atoms. The quantitative estimate of drug-likeness (QED) is 0.185. The second-order valence-corrected chi connectivity index (χ2v) is 7.49. The average molecular weight is 466 g/mol. The van der Waals surface area contributed by atoms with Crippen molar-refractivity contribution in [2.75, 3.05) is 0 Å². The van der Waals surface area contributed by atoms with E-state index in [9.17, 15) is 50.4 Å². The minimum absolute atomic E-state index is 0.636. The molecule has 0 bridgehead atoms. The fourth-order valence-electron chi connectivity index (χ4n) is 3.75. The van der Waals surface area contributed by atoms with Crippen LogP contribution in [0.15, 0.2) is 12.1 Å². The molecule has 0 saturated carbocycles. The number of fused-ring (bicyclic) bond motifs is 4. The van der Waals surface area contributed by atoms with Gasteiger partial charge >= 0.3 is 11.9 Å². The Morgan fingerprint density at radius 3 is 1.58 bits per heavy atom. The van der Waals surface area contributed by atoms with Crippen LogP contribution >= 0.6 is 0 Å². The Kier molecular flexibility index (Phi) is 5.11. The highest BCUT2D eigenvalue weighted by Crippen LogP contribution is 2.53. The molecule has 13 nitrogen and oxygen atoms in total. The molecule has 0 radical (unpaired) electrons. The molecule has 2 aliphatic heterocycles. The lowest BCUT2D eigenvalue weighted by atomic mass is 9.91. The van der Waals surface area contributed by atoms with Crippen molar-refractivity contribution in [1.29, 1.82) is 0 Å². The second kappa shape index (κ2) is 7.58. The first-order valence-electron chi connectivity index (χ1n) is 9.43. The van der Waals surface area contributed by atoms with E-state index in [-0.39, 0.29) is 0 Å². The Hall–Kier alpha value is -3.94. The maximum absolute atomic E-state index is 13.0. The molecule has 2 heterocycles. The summed E-state index contributed by atoms with van der Waals surface area (Å²) < 4.78 is 15.4. The van der Waals surface area contributed by atoms with Crippen molar-refractivity contribution in [3.05, 3.63) is 23.3 Å². The van der Waals surface area contributed by atoms with Crippen LogP contribution in [0.3, 0.4) is 0 Å². The Bertz CT molecular complexity index is 1170. The highest BCUT2D eigenvalue weighted by Gasteiger charge is 2.49. The largest absolute Gasteiger partial charge is 0.504 e. The average Bonchev–Trinajstić information content (AvgIpc) is 2.76. The van der Waals surface area contributed by atoms with Gasteiger partial charge in [0.25, 0.3) is 0 Å². The third-order valence-corrected chi connectivity index (χ3v) is 5.46. The molecule has 5 atom stereocenters. The van der Waals surface area contributed by atoms with Gasteiger partial charge in [0.2, 0.25) is 11.5 Å². The molecule has 4 rings (SSSR count). The van der Waals surface area contributed by atoms with Gasteiger partial charge in [0.15, 0.2) is 41.5 Å². The van der Waals surface area contributed by atoms with Crippen LogP contribution in [-0.4, -0.2) is 83.5 Å². The molecule has 0 spiro atoms. The molecule has 2 aliphatic rings. The zero-order chi connectivity index (χ0) is 24.4. The highest BCUT2D eigenvalue weighted by molar-refractivity contribution is 6.08. The monoisotopic (exact) mass is 466 g/mol. The molecule has 1 saturated heterocycles. The van der Waals surface area contributed by atoms with Crippen molar-refractivity contribution in [2.24, 2.45) is 0 Å². The summed E-state index contributed by atoms with van der Waals surface area (Å²) in [5, 5.41) is 81.4. The number of ether oxygens (including phenoxy) is 3. The number of aliphatic hydroxyl groups excluding tert-OH is 2. The van der Waals surface area contributed by atoms with Crippen LogP contribution < -0.4 is 0 Å². The Morgan fingerprint density at radius 1 is 0.697 bits per heavy atom. The number of carbonyl (C=O) groups excluding carboxylic acids is 2. The lowest BCUT2D eigenvalue weighted by Gasteiger charge is -2.41. The Labute approximate surface area is 183 Å². The molecular weight excluding hydrogens is 448 g/mol. The minimum atomic E-state index is -1.87. The van der Waals surface area contributed by atoms with Crippen LogP contribution in [0, 0.1) is 0 Å². The topological polar surface area (TPSA) is 224 Å². The smallest absolute Gasteiger partial charge is 0.339 e. The van der Waals surface area contributed by atoms with Crippen molar-refractivity contribution >= 4 is 11.9 Å². The van der Waals surface area contributed by atoms with Gasteiger partial charge in [0.05, 0.1) is 17.2 Å². The van der Waals surface area contributed by atoms with Crippen molar-refractivity contribution in [3.8, 4) is 45.6 Å². The number of aromatic hydroxyl groups is 6. The van der Waals surface area contributed by atoms with Gasteiger partial charge in [-0.3, -0.25) is 0 Å². The molecule has 0 aromatic heterocycles. The van der Waals surface area contributed by atoms with E-state index < -0.39 is 99.4 Å². The van der Waals surface area contributed by atoms with Crippen molar-refractivity contribution < 1.29 is 64.7 Å². The summed E-state index contributed by atoms with van der Waals surface area (Å²) in [4.78, 5) is 26.0. The normalized spacial score (nSPS) is 26.9. The number of aliphatic hydroxyl groups is 2. The maximum atomic E-state index is 13.0. The number of hydrogen-bond donors (Lipinski definition) is 8. The zero-order valence-electron chi connectivity index (χ0n) is 16.7. The number of phenolic OH excluding ortho intramolecular Hbond substituents is 6. The van der Waals surface area contributed by atoms with E-state index in [1.54, 1.807) is 0 Å². The molecular formula is C20H18O13. The Balaban J connectivity index is 2.07. The lowest BCUT2D eigenvalue weighted by molar-refractivity contribution is -0.276. The highest BCUT2D eigenvalue weighted by atomic mass is 16.7. The van der Waals surface area contributed by atoms with Gasteiger partial charge < -0.3 is 55.1 Å². The Morgan fingerprint density at radius 2 is 1.12 bits per heavy atom. The van der Waals surface area contributed by atoms with Crippen LogP contribution in [0.25, 0.3) is 11.1 Å². The number of esters is 2. The van der Waals surface area contributed by atoms with Crippen LogP contribution in [0.4, 0.5) is 0 Å². The lowest BCUT2D eigenvalue weighted by Crippen LogP contribution is -2.59. The van der Waals surface area contributed by atoms with Gasteiger partial charge in [-0.1, -0.05) is 0 Å². The second-order valence-electron chi connectivity index (χ2n) is 7.49. The molecule has 4 unspecified atom stereocenters. The maximum Gasteiger partial charge on any atom is 0.339 e. The van der Waals surface area contributed by atoms with E-state index in [0.717, 1.165) is 0 Å². The molecule has 2 aromatic carbocycles. The summed E-state index contributed by atoms with van der Waals surface area (Å²) in [6.07, 6.45) is -8.01. The molecule has 0 amide bonds. The molecule has 2 aromatic rings. The summed E-state index contributed by atoms with van der Waals surface area (Å²) >= 11 is 0. The van der Waals surface area contributed by atoms with Crippen LogP contribution in [0.5, 0.6) is 34.5 Å². The van der Waals surface area contributed by atoms with Gasteiger partial charge in [-0.25, -0.2) is 9.59 Å². The van der Waals surface area contributed by atoms with E-state index in [2.05, 4.69) is 0 Å². The van der Waals surface area contributed by atoms with Crippen molar-refractivity contribution in [2.45, 2.75) is 37.6 Å². The molecule has 176 valence electrons. The minimum Gasteiger partial charge on any atom is -0.504 e. The summed E-state index contributed by atoms with van der Waals surface area (Å²) in [5.74, 6) is -9.35. The van der Waals surface area contributed by atoms with E-state index in [1.807, 2.05) is 0 Å². The summed E-state index contributed by atoms with van der Waals surface area (Å²) in [6.45, 7) is 1.34. The first-order valence-corrected chi connectivity index (χ1v) is 9.43. The van der Waals surface area contributed by atoms with Crippen LogP contribution in [0.1, 0.15) is 27.6 Å². The van der Waals surface area contributed by atoms with Gasteiger partial charge in [0, 0.05) is 11.1 Å². The first kappa shape index (κ1) is 22.3. The van der Waals surface area contributed by atoms with Crippen molar-refractivity contribution in [1.82, 2.24) is 0 Å². The van der Waals surface area contributed by atoms with Gasteiger partial charge in [-0.2, -0.15) is 0 Å². The number of benzene rings is 2. The van der Waals surface area contributed by atoms with E-state index in [0.29, 0.717) is 12.1 Å².